The van der Waals surface area contributed by atoms with E-state index in [0.717, 1.165) is 0 Å². The minimum atomic E-state index is -0.174. The maximum absolute atomic E-state index is 9.10. The van der Waals surface area contributed by atoms with E-state index in [4.69, 9.17) is 25.7 Å². The van der Waals surface area contributed by atoms with Crippen LogP contribution in [0.15, 0.2) is 36.5 Å². The number of aliphatic hydroxyl groups excluding tert-OH is 1. The molecule has 0 bridgehead atoms. The zero-order valence-electron chi connectivity index (χ0n) is 11.0. The number of nitrogens with two attached hydrogens (primary N) is 1. The molecule has 20 heavy (non-hydrogen) atoms. The molecule has 1 aromatic carbocycles. The number of benzene rings is 1. The minimum Gasteiger partial charge on any atom is -0.493 e. The summed E-state index contributed by atoms with van der Waals surface area (Å²) >= 11 is 0. The average molecular weight is 273 g/mol. The summed E-state index contributed by atoms with van der Waals surface area (Å²) in [6.45, 7) is -0.0811. The van der Waals surface area contributed by atoms with Gasteiger partial charge in [0.1, 0.15) is 11.5 Å². The highest BCUT2D eigenvalue weighted by molar-refractivity contribution is 5.95. The van der Waals surface area contributed by atoms with Crippen molar-refractivity contribution in [2.75, 3.05) is 7.11 Å². The highest BCUT2D eigenvalue weighted by atomic mass is 16.5. The molecule has 0 fully saturated rings. The largest absolute Gasteiger partial charge is 0.493 e. The van der Waals surface area contributed by atoms with Gasteiger partial charge in [-0.3, -0.25) is 5.41 Å². The van der Waals surface area contributed by atoms with E-state index in [1.165, 1.54) is 13.3 Å². The van der Waals surface area contributed by atoms with E-state index in [-0.39, 0.29) is 18.1 Å². The standard InChI is InChI=1S/C14H15N3O3/c1-19-12-7-9(8-18)4-5-10(12)20-11-3-2-6-17-13(11)14(15)16/h2-7,18H,8H2,1H3,(H3,15,16). The summed E-state index contributed by atoms with van der Waals surface area (Å²) in [5, 5.41) is 16.6. The van der Waals surface area contributed by atoms with E-state index >= 15 is 0 Å². The number of ether oxygens (including phenoxy) is 2. The Morgan fingerprint density at radius 3 is 2.75 bits per heavy atom. The minimum absolute atomic E-state index is 0.0811. The summed E-state index contributed by atoms with van der Waals surface area (Å²) in [7, 11) is 1.51. The zero-order chi connectivity index (χ0) is 14.5. The third kappa shape index (κ3) is 2.86. The van der Waals surface area contributed by atoms with Gasteiger partial charge in [-0.05, 0) is 29.8 Å². The van der Waals surface area contributed by atoms with Gasteiger partial charge in [-0.1, -0.05) is 6.07 Å². The number of hydrogen-bond acceptors (Lipinski definition) is 5. The van der Waals surface area contributed by atoms with Crippen LogP contribution in [-0.4, -0.2) is 23.0 Å². The van der Waals surface area contributed by atoms with Crippen LogP contribution in [0.3, 0.4) is 0 Å². The van der Waals surface area contributed by atoms with Crippen LogP contribution < -0.4 is 15.2 Å². The van der Waals surface area contributed by atoms with Crippen molar-refractivity contribution in [3.8, 4) is 17.2 Å². The van der Waals surface area contributed by atoms with E-state index in [0.29, 0.717) is 22.8 Å². The quantitative estimate of drug-likeness (QED) is 0.568. The number of nitrogen functional groups attached to an aromatic ring is 1. The van der Waals surface area contributed by atoms with Crippen LogP contribution in [0.5, 0.6) is 17.2 Å². The van der Waals surface area contributed by atoms with Crippen molar-refractivity contribution in [2.24, 2.45) is 5.73 Å². The lowest BCUT2D eigenvalue weighted by Crippen LogP contribution is -2.14. The molecule has 1 heterocycles. The second-order valence-electron chi connectivity index (χ2n) is 4.01. The van der Waals surface area contributed by atoms with Gasteiger partial charge >= 0.3 is 0 Å². The molecule has 2 aromatic rings. The first-order valence-electron chi connectivity index (χ1n) is 5.90. The van der Waals surface area contributed by atoms with Crippen molar-refractivity contribution >= 4 is 5.84 Å². The molecule has 0 amide bonds. The Morgan fingerprint density at radius 1 is 1.30 bits per heavy atom. The van der Waals surface area contributed by atoms with Crippen molar-refractivity contribution in [3.63, 3.8) is 0 Å². The third-order valence-electron chi connectivity index (χ3n) is 2.66. The third-order valence-corrected chi connectivity index (χ3v) is 2.66. The summed E-state index contributed by atoms with van der Waals surface area (Å²) in [6, 6.07) is 8.45. The second kappa shape index (κ2) is 6.03. The molecule has 6 nitrogen and oxygen atoms in total. The Morgan fingerprint density at radius 2 is 2.10 bits per heavy atom. The fourth-order valence-corrected chi connectivity index (χ4v) is 1.69. The van der Waals surface area contributed by atoms with Crippen LogP contribution in [0, 0.1) is 5.41 Å². The van der Waals surface area contributed by atoms with Crippen LogP contribution in [0.4, 0.5) is 0 Å². The van der Waals surface area contributed by atoms with Gasteiger partial charge in [-0.15, -0.1) is 0 Å². The topological polar surface area (TPSA) is 101 Å². The highest BCUT2D eigenvalue weighted by Crippen LogP contribution is 2.33. The molecule has 0 saturated heterocycles. The summed E-state index contributed by atoms with van der Waals surface area (Å²) < 4.78 is 10.9. The van der Waals surface area contributed by atoms with Gasteiger partial charge in [0, 0.05) is 6.20 Å². The lowest BCUT2D eigenvalue weighted by atomic mass is 10.2. The van der Waals surface area contributed by atoms with Gasteiger partial charge in [-0.2, -0.15) is 0 Å². The number of nitrogens with zero attached hydrogens (tertiary/aromatic N) is 1. The molecule has 0 spiro atoms. The molecule has 6 heteroatoms. The number of nitrogens with one attached hydrogen (secondary N) is 1. The summed E-state index contributed by atoms with van der Waals surface area (Å²) in [6.07, 6.45) is 1.54. The fourth-order valence-electron chi connectivity index (χ4n) is 1.69. The fraction of sp³-hybridized carbons (Fsp3) is 0.143. The number of aromatic nitrogens is 1. The number of amidine groups is 1. The van der Waals surface area contributed by atoms with Crippen LogP contribution in [0.25, 0.3) is 0 Å². The summed E-state index contributed by atoms with van der Waals surface area (Å²) in [5.74, 6) is 1.14. The molecule has 0 unspecified atom stereocenters. The number of pyridine rings is 1. The Bertz CT molecular complexity index is 629. The van der Waals surface area contributed by atoms with Crippen molar-refractivity contribution < 1.29 is 14.6 Å². The number of rotatable bonds is 5. The van der Waals surface area contributed by atoms with Crippen molar-refractivity contribution in [1.82, 2.24) is 4.98 Å². The Balaban J connectivity index is 2.37. The average Bonchev–Trinajstić information content (AvgIpc) is 2.48. The number of hydrogen-bond donors (Lipinski definition) is 3. The molecule has 2 rings (SSSR count). The summed E-state index contributed by atoms with van der Waals surface area (Å²) in [5.41, 5.74) is 6.44. The molecule has 0 saturated carbocycles. The van der Waals surface area contributed by atoms with Crippen LogP contribution in [0.2, 0.25) is 0 Å². The van der Waals surface area contributed by atoms with E-state index in [2.05, 4.69) is 4.98 Å². The smallest absolute Gasteiger partial charge is 0.169 e. The predicted molar refractivity (Wildman–Crippen MR) is 74.2 cm³/mol. The molecular weight excluding hydrogens is 258 g/mol. The van der Waals surface area contributed by atoms with Gasteiger partial charge in [0.2, 0.25) is 0 Å². The predicted octanol–water partition coefficient (Wildman–Crippen LogP) is 1.66. The first-order valence-corrected chi connectivity index (χ1v) is 5.90. The SMILES string of the molecule is COc1cc(CO)ccc1Oc1cccnc1C(=N)N. The zero-order valence-corrected chi connectivity index (χ0v) is 11.0. The molecule has 1 aromatic heterocycles. The second-order valence-corrected chi connectivity index (χ2v) is 4.01. The normalized spacial score (nSPS) is 10.1. The van der Waals surface area contributed by atoms with Crippen molar-refractivity contribution in [2.45, 2.75) is 6.61 Å². The molecule has 0 aliphatic rings. The number of aliphatic hydroxyl groups is 1. The maximum Gasteiger partial charge on any atom is 0.169 e. The first kappa shape index (κ1) is 13.8. The Hall–Kier alpha value is -2.60. The van der Waals surface area contributed by atoms with Gasteiger partial charge in [-0.25, -0.2) is 4.98 Å². The summed E-state index contributed by atoms with van der Waals surface area (Å²) in [4.78, 5) is 4.01. The molecule has 104 valence electrons. The van der Waals surface area contributed by atoms with Gasteiger partial charge in [0.15, 0.2) is 17.2 Å². The molecule has 4 N–H and O–H groups in total. The monoisotopic (exact) mass is 273 g/mol. The number of methoxy groups -OCH3 is 1. The van der Waals surface area contributed by atoms with Crippen LogP contribution in [0.1, 0.15) is 11.3 Å². The van der Waals surface area contributed by atoms with Gasteiger partial charge in [0.05, 0.1) is 13.7 Å². The molecule has 0 radical (unpaired) electrons. The lowest BCUT2D eigenvalue weighted by Gasteiger charge is -2.13. The van der Waals surface area contributed by atoms with E-state index < -0.39 is 0 Å². The highest BCUT2D eigenvalue weighted by Gasteiger charge is 2.12. The van der Waals surface area contributed by atoms with E-state index in [1.54, 1.807) is 30.3 Å². The van der Waals surface area contributed by atoms with Gasteiger partial charge < -0.3 is 20.3 Å². The Kier molecular flexibility index (Phi) is 4.17. The van der Waals surface area contributed by atoms with Crippen LogP contribution in [-0.2, 0) is 6.61 Å². The van der Waals surface area contributed by atoms with Crippen molar-refractivity contribution in [1.29, 1.82) is 5.41 Å². The lowest BCUT2D eigenvalue weighted by molar-refractivity contribution is 0.280. The van der Waals surface area contributed by atoms with E-state index in [9.17, 15) is 0 Å². The Labute approximate surface area is 116 Å². The molecular formula is C14H15N3O3. The maximum atomic E-state index is 9.10. The molecule has 0 atom stereocenters. The van der Waals surface area contributed by atoms with Crippen LogP contribution >= 0.6 is 0 Å². The van der Waals surface area contributed by atoms with Gasteiger partial charge in [0.25, 0.3) is 0 Å². The molecule has 0 aliphatic heterocycles. The van der Waals surface area contributed by atoms with Crippen molar-refractivity contribution in [3.05, 3.63) is 47.8 Å². The molecule has 0 aliphatic carbocycles. The first-order chi connectivity index (χ1) is 9.65. The van der Waals surface area contributed by atoms with E-state index in [1.807, 2.05) is 0 Å².